The summed E-state index contributed by atoms with van der Waals surface area (Å²) in [6.45, 7) is 2.43. The molecule has 0 unspecified atom stereocenters. The van der Waals surface area contributed by atoms with Crippen molar-refractivity contribution in [2.24, 2.45) is 7.05 Å². The molecule has 0 atom stereocenters. The second-order valence-corrected chi connectivity index (χ2v) is 6.11. The normalized spacial score (nSPS) is 11.3. The third kappa shape index (κ3) is 2.76. The first-order chi connectivity index (χ1) is 12.1. The van der Waals surface area contributed by atoms with E-state index in [4.69, 9.17) is 4.52 Å². The molecule has 0 aliphatic rings. The van der Waals surface area contributed by atoms with Gasteiger partial charge >= 0.3 is 0 Å². The molecular formula is C19H18N4O2. The fourth-order valence-electron chi connectivity index (χ4n) is 3.13. The van der Waals surface area contributed by atoms with Crippen LogP contribution in [0.3, 0.4) is 0 Å². The van der Waals surface area contributed by atoms with Crippen LogP contribution in [0, 0.1) is 6.92 Å². The maximum absolute atomic E-state index is 12.3. The van der Waals surface area contributed by atoms with Crippen molar-refractivity contribution in [1.29, 1.82) is 0 Å². The molecule has 6 nitrogen and oxygen atoms in total. The van der Waals surface area contributed by atoms with E-state index < -0.39 is 0 Å². The van der Waals surface area contributed by atoms with E-state index in [0.717, 1.165) is 22.2 Å². The van der Waals surface area contributed by atoms with E-state index in [9.17, 15) is 4.79 Å². The number of nitrogens with zero attached hydrogens (tertiary/aromatic N) is 3. The third-order valence-corrected chi connectivity index (χ3v) is 4.41. The Labute approximate surface area is 144 Å². The minimum absolute atomic E-state index is 0.108. The Hall–Kier alpha value is -3.15. The number of benzene rings is 2. The monoisotopic (exact) mass is 334 g/mol. The van der Waals surface area contributed by atoms with Crippen LogP contribution in [0.2, 0.25) is 0 Å². The molecule has 2 aromatic heterocycles. The number of carbonyl (C=O) groups is 1. The Balaban J connectivity index is 1.49. The summed E-state index contributed by atoms with van der Waals surface area (Å²) in [6, 6.07) is 13.6. The number of para-hydroxylation sites is 2. The van der Waals surface area contributed by atoms with Gasteiger partial charge in [-0.2, -0.15) is 0 Å². The van der Waals surface area contributed by atoms with E-state index in [1.54, 1.807) is 0 Å². The SMILES string of the molecule is Cc1cccc2nc(CNC(=O)Cc3noc4ccccc34)n(C)c12. The van der Waals surface area contributed by atoms with Crippen LogP contribution in [0.1, 0.15) is 17.1 Å². The zero-order chi connectivity index (χ0) is 17.4. The number of hydrogen-bond acceptors (Lipinski definition) is 4. The van der Waals surface area contributed by atoms with Crippen molar-refractivity contribution in [2.45, 2.75) is 19.9 Å². The molecule has 25 heavy (non-hydrogen) atoms. The van der Waals surface area contributed by atoms with Gasteiger partial charge in [0.1, 0.15) is 11.5 Å². The zero-order valence-corrected chi connectivity index (χ0v) is 14.1. The predicted octanol–water partition coefficient (Wildman–Crippen LogP) is 2.88. The van der Waals surface area contributed by atoms with Crippen molar-refractivity contribution in [3.63, 3.8) is 0 Å². The molecule has 0 aliphatic heterocycles. The number of rotatable bonds is 4. The van der Waals surface area contributed by atoms with Crippen molar-refractivity contribution >= 4 is 27.9 Å². The number of hydrogen-bond donors (Lipinski definition) is 1. The highest BCUT2D eigenvalue weighted by Gasteiger charge is 2.14. The first-order valence-electron chi connectivity index (χ1n) is 8.14. The predicted molar refractivity (Wildman–Crippen MR) is 95.0 cm³/mol. The van der Waals surface area contributed by atoms with Gasteiger partial charge in [-0.25, -0.2) is 4.98 Å². The van der Waals surface area contributed by atoms with Gasteiger partial charge in [-0.15, -0.1) is 0 Å². The van der Waals surface area contributed by atoms with Crippen LogP contribution in [-0.2, 0) is 24.8 Å². The highest BCUT2D eigenvalue weighted by atomic mass is 16.5. The van der Waals surface area contributed by atoms with Crippen LogP contribution in [0.25, 0.3) is 22.0 Å². The molecule has 2 aromatic carbocycles. The average molecular weight is 334 g/mol. The molecule has 2 heterocycles. The fraction of sp³-hybridized carbons (Fsp3) is 0.211. The summed E-state index contributed by atoms with van der Waals surface area (Å²) in [4.78, 5) is 16.9. The van der Waals surface area contributed by atoms with Crippen LogP contribution in [0.4, 0.5) is 0 Å². The number of nitrogens with one attached hydrogen (secondary N) is 1. The van der Waals surface area contributed by atoms with Gasteiger partial charge in [-0.1, -0.05) is 29.4 Å². The van der Waals surface area contributed by atoms with Gasteiger partial charge < -0.3 is 14.4 Å². The summed E-state index contributed by atoms with van der Waals surface area (Å²) in [5.41, 5.74) is 4.53. The topological polar surface area (TPSA) is 73.0 Å². The minimum atomic E-state index is -0.108. The number of carbonyl (C=O) groups excluding carboxylic acids is 1. The van der Waals surface area contributed by atoms with Gasteiger partial charge in [0.15, 0.2) is 5.58 Å². The molecular weight excluding hydrogens is 316 g/mol. The van der Waals surface area contributed by atoms with Crippen LogP contribution in [0.5, 0.6) is 0 Å². The van der Waals surface area contributed by atoms with Crippen molar-refractivity contribution in [1.82, 2.24) is 20.0 Å². The minimum Gasteiger partial charge on any atom is -0.356 e. The smallest absolute Gasteiger partial charge is 0.226 e. The Morgan fingerprint density at radius 2 is 2.04 bits per heavy atom. The van der Waals surface area contributed by atoms with Gasteiger partial charge in [0.25, 0.3) is 0 Å². The van der Waals surface area contributed by atoms with E-state index >= 15 is 0 Å². The first-order valence-corrected chi connectivity index (χ1v) is 8.14. The molecule has 0 bridgehead atoms. The summed E-state index contributed by atoms with van der Waals surface area (Å²) in [7, 11) is 1.97. The van der Waals surface area contributed by atoms with Gasteiger partial charge in [0.05, 0.1) is 24.0 Å². The van der Waals surface area contributed by atoms with Crippen LogP contribution in [-0.4, -0.2) is 20.6 Å². The van der Waals surface area contributed by atoms with Gasteiger partial charge in [-0.05, 0) is 30.7 Å². The first kappa shape index (κ1) is 15.4. The maximum Gasteiger partial charge on any atom is 0.226 e. The van der Waals surface area contributed by atoms with Crippen LogP contribution >= 0.6 is 0 Å². The average Bonchev–Trinajstić information content (AvgIpc) is 3.15. The van der Waals surface area contributed by atoms with Crippen LogP contribution < -0.4 is 5.32 Å². The van der Waals surface area contributed by atoms with E-state index in [0.29, 0.717) is 17.8 Å². The lowest BCUT2D eigenvalue weighted by atomic mass is 10.1. The Morgan fingerprint density at radius 3 is 2.88 bits per heavy atom. The number of fused-ring (bicyclic) bond motifs is 2. The molecule has 4 aromatic rings. The molecule has 0 fully saturated rings. The van der Waals surface area contributed by atoms with E-state index in [2.05, 4.69) is 28.4 Å². The number of amides is 1. The Bertz CT molecular complexity index is 1080. The fourth-order valence-corrected chi connectivity index (χ4v) is 3.13. The molecule has 0 radical (unpaired) electrons. The lowest BCUT2D eigenvalue weighted by molar-refractivity contribution is -0.120. The lowest BCUT2D eigenvalue weighted by Gasteiger charge is -2.05. The summed E-state index contributed by atoms with van der Waals surface area (Å²) in [6.07, 6.45) is 0.181. The van der Waals surface area contributed by atoms with Gasteiger partial charge in [0.2, 0.25) is 5.91 Å². The maximum atomic E-state index is 12.3. The van der Waals surface area contributed by atoms with Crippen molar-refractivity contribution in [3.8, 4) is 0 Å². The van der Waals surface area contributed by atoms with E-state index in [1.807, 2.05) is 48.0 Å². The number of aromatic nitrogens is 3. The molecule has 0 saturated heterocycles. The largest absolute Gasteiger partial charge is 0.356 e. The molecule has 126 valence electrons. The quantitative estimate of drug-likeness (QED) is 0.623. The van der Waals surface area contributed by atoms with Crippen molar-refractivity contribution in [2.75, 3.05) is 0 Å². The molecule has 0 saturated carbocycles. The highest BCUT2D eigenvalue weighted by Crippen LogP contribution is 2.19. The second-order valence-electron chi connectivity index (χ2n) is 6.11. The second kappa shape index (κ2) is 6.05. The molecule has 6 heteroatoms. The molecule has 4 rings (SSSR count). The summed E-state index contributed by atoms with van der Waals surface area (Å²) in [5.74, 6) is 0.713. The molecule has 0 aliphatic carbocycles. The number of aryl methyl sites for hydroxylation is 2. The van der Waals surface area contributed by atoms with Crippen molar-refractivity contribution in [3.05, 3.63) is 59.5 Å². The third-order valence-electron chi connectivity index (χ3n) is 4.41. The van der Waals surface area contributed by atoms with E-state index in [1.165, 1.54) is 5.56 Å². The van der Waals surface area contributed by atoms with E-state index in [-0.39, 0.29) is 12.3 Å². The highest BCUT2D eigenvalue weighted by molar-refractivity contribution is 5.86. The molecule has 0 spiro atoms. The Morgan fingerprint density at radius 1 is 1.20 bits per heavy atom. The van der Waals surface area contributed by atoms with Crippen molar-refractivity contribution < 1.29 is 9.32 Å². The lowest BCUT2D eigenvalue weighted by Crippen LogP contribution is -2.26. The Kier molecular flexibility index (Phi) is 3.72. The van der Waals surface area contributed by atoms with Crippen LogP contribution in [0.15, 0.2) is 47.0 Å². The zero-order valence-electron chi connectivity index (χ0n) is 14.1. The summed E-state index contributed by atoms with van der Waals surface area (Å²) < 4.78 is 7.26. The molecule has 1 amide bonds. The molecule has 1 N–H and O–H groups in total. The van der Waals surface area contributed by atoms with Gasteiger partial charge in [-0.3, -0.25) is 4.79 Å². The number of imidazole rings is 1. The van der Waals surface area contributed by atoms with Gasteiger partial charge in [0, 0.05) is 12.4 Å². The summed E-state index contributed by atoms with van der Waals surface area (Å²) >= 11 is 0. The summed E-state index contributed by atoms with van der Waals surface area (Å²) in [5, 5.41) is 7.79. The standard InChI is InChI=1S/C19H18N4O2/c1-12-6-5-8-14-19(12)23(2)17(21-14)11-20-18(24)10-15-13-7-3-4-9-16(13)25-22-15/h3-9H,10-11H2,1-2H3,(H,20,24).